The van der Waals surface area contributed by atoms with Crippen molar-refractivity contribution in [3.05, 3.63) is 42.1 Å². The highest BCUT2D eigenvalue weighted by Crippen LogP contribution is 2.35. The van der Waals surface area contributed by atoms with Crippen molar-refractivity contribution >= 4 is 17.6 Å². The Morgan fingerprint density at radius 1 is 1.40 bits per heavy atom. The molecule has 1 spiro atoms. The molecule has 1 atom stereocenters. The molecule has 1 amide bonds. The molecule has 0 saturated carbocycles. The summed E-state index contributed by atoms with van der Waals surface area (Å²) in [5.74, 6) is 1.16. The third-order valence-electron chi connectivity index (χ3n) is 4.47. The van der Waals surface area contributed by atoms with Crippen LogP contribution in [0.5, 0.6) is 0 Å². The van der Waals surface area contributed by atoms with E-state index in [-0.39, 0.29) is 5.91 Å². The van der Waals surface area contributed by atoms with Gasteiger partial charge < -0.3 is 19.5 Å². The van der Waals surface area contributed by atoms with Gasteiger partial charge in [-0.1, -0.05) is 5.16 Å². The van der Waals surface area contributed by atoms with E-state index in [4.69, 9.17) is 9.25 Å². The number of rotatable bonds is 4. The van der Waals surface area contributed by atoms with Crippen LogP contribution in [-0.2, 0) is 16.2 Å². The first-order chi connectivity index (χ1) is 12.1. The van der Waals surface area contributed by atoms with E-state index in [1.165, 1.54) is 0 Å². The van der Waals surface area contributed by atoms with Crippen LogP contribution < -0.4 is 10.2 Å². The quantitative estimate of drug-likeness (QED) is 0.904. The molecule has 2 aromatic heterocycles. The first-order valence-electron chi connectivity index (χ1n) is 8.23. The van der Waals surface area contributed by atoms with Crippen LogP contribution in [0.4, 0.5) is 5.95 Å². The molecule has 1 saturated heterocycles. The summed E-state index contributed by atoms with van der Waals surface area (Å²) in [6.07, 6.45) is 6.44. The van der Waals surface area contributed by atoms with Gasteiger partial charge in [0.15, 0.2) is 5.60 Å². The van der Waals surface area contributed by atoms with Gasteiger partial charge in [0, 0.05) is 31.8 Å². The Kier molecular flexibility index (Phi) is 3.87. The van der Waals surface area contributed by atoms with Gasteiger partial charge in [0.2, 0.25) is 5.95 Å². The van der Waals surface area contributed by atoms with Crippen molar-refractivity contribution in [1.29, 1.82) is 0 Å². The average molecular weight is 341 g/mol. The zero-order valence-electron chi connectivity index (χ0n) is 13.9. The molecule has 2 aliphatic heterocycles. The van der Waals surface area contributed by atoms with E-state index >= 15 is 0 Å². The third kappa shape index (κ3) is 3.19. The summed E-state index contributed by atoms with van der Waals surface area (Å²) in [5.41, 5.74) is 0.970. The normalized spacial score (nSPS) is 22.1. The van der Waals surface area contributed by atoms with Gasteiger partial charge in [0.1, 0.15) is 11.5 Å². The van der Waals surface area contributed by atoms with Gasteiger partial charge in [-0.3, -0.25) is 4.79 Å². The zero-order valence-corrected chi connectivity index (χ0v) is 13.9. The molecule has 2 aromatic rings. The van der Waals surface area contributed by atoms with E-state index in [1.54, 1.807) is 24.7 Å². The van der Waals surface area contributed by atoms with Crippen molar-refractivity contribution in [3.8, 4) is 0 Å². The van der Waals surface area contributed by atoms with Crippen molar-refractivity contribution in [2.75, 3.05) is 18.0 Å². The molecule has 8 nitrogen and oxygen atoms in total. The smallest absolute Gasteiger partial charge is 0.269 e. The van der Waals surface area contributed by atoms with Crippen LogP contribution in [0.1, 0.15) is 24.2 Å². The first kappa shape index (κ1) is 15.6. The van der Waals surface area contributed by atoms with Crippen molar-refractivity contribution in [1.82, 2.24) is 15.3 Å². The maximum Gasteiger partial charge on any atom is 0.269 e. The van der Waals surface area contributed by atoms with Crippen molar-refractivity contribution < 1.29 is 14.0 Å². The molecule has 0 radical (unpaired) electrons. The van der Waals surface area contributed by atoms with Gasteiger partial charge in [0.25, 0.3) is 5.91 Å². The highest BCUT2D eigenvalue weighted by Gasteiger charge is 2.47. The van der Waals surface area contributed by atoms with Crippen LogP contribution in [0.25, 0.3) is 0 Å². The van der Waals surface area contributed by atoms with E-state index in [1.807, 2.05) is 13.0 Å². The summed E-state index contributed by atoms with van der Waals surface area (Å²) in [7, 11) is 0. The second-order valence-corrected chi connectivity index (χ2v) is 6.48. The molecule has 25 heavy (non-hydrogen) atoms. The van der Waals surface area contributed by atoms with Crippen LogP contribution in [-0.4, -0.2) is 40.3 Å². The number of oxime groups is 1. The largest absolute Gasteiger partial charge is 0.467 e. The fraction of sp³-hybridized carbons (Fsp3) is 0.412. The fourth-order valence-electron chi connectivity index (χ4n) is 3.11. The SMILES string of the molecule is Cc1cnc(N2CCC3(CC(C(=O)NCc4ccco4)=NO3)C2)nc1. The molecule has 1 fully saturated rings. The lowest BCUT2D eigenvalue weighted by atomic mass is 9.96. The molecule has 4 heterocycles. The Balaban J connectivity index is 1.35. The number of hydrogen-bond donors (Lipinski definition) is 1. The van der Waals surface area contributed by atoms with E-state index < -0.39 is 5.60 Å². The summed E-state index contributed by atoms with van der Waals surface area (Å²) >= 11 is 0. The highest BCUT2D eigenvalue weighted by atomic mass is 16.7. The number of aryl methyl sites for hydroxylation is 1. The number of amides is 1. The molecule has 1 unspecified atom stereocenters. The molecule has 0 aliphatic carbocycles. The van der Waals surface area contributed by atoms with Gasteiger partial charge in [-0.2, -0.15) is 0 Å². The van der Waals surface area contributed by atoms with Gasteiger partial charge in [-0.05, 0) is 24.6 Å². The second kappa shape index (κ2) is 6.19. The Hall–Kier alpha value is -2.90. The van der Waals surface area contributed by atoms with E-state index in [0.29, 0.717) is 36.9 Å². The highest BCUT2D eigenvalue weighted by molar-refractivity contribution is 6.39. The van der Waals surface area contributed by atoms with Crippen LogP contribution in [0.3, 0.4) is 0 Å². The minimum atomic E-state index is -0.467. The standard InChI is InChI=1S/C17H19N5O3/c1-12-8-19-16(20-9-12)22-5-4-17(11-22)7-14(21-25-17)15(23)18-10-13-3-2-6-24-13/h2-3,6,8-9H,4-5,7,10-11H2,1H3,(H,18,23). The number of furan rings is 1. The number of hydrogen-bond acceptors (Lipinski definition) is 7. The fourth-order valence-corrected chi connectivity index (χ4v) is 3.11. The lowest BCUT2D eigenvalue weighted by molar-refractivity contribution is -0.115. The summed E-state index contributed by atoms with van der Waals surface area (Å²) in [4.78, 5) is 28.7. The Morgan fingerprint density at radius 2 is 2.24 bits per heavy atom. The van der Waals surface area contributed by atoms with Crippen LogP contribution in [0.15, 0.2) is 40.4 Å². The molecular formula is C17H19N5O3. The summed E-state index contributed by atoms with van der Waals surface area (Å²) < 4.78 is 5.20. The lowest BCUT2D eigenvalue weighted by Gasteiger charge is -2.21. The molecular weight excluding hydrogens is 322 g/mol. The van der Waals surface area contributed by atoms with Gasteiger partial charge in [-0.25, -0.2) is 9.97 Å². The van der Waals surface area contributed by atoms with Gasteiger partial charge in [-0.15, -0.1) is 0 Å². The van der Waals surface area contributed by atoms with E-state index in [0.717, 1.165) is 18.5 Å². The van der Waals surface area contributed by atoms with E-state index in [2.05, 4.69) is 25.3 Å². The minimum Gasteiger partial charge on any atom is -0.467 e. The molecule has 8 heteroatoms. The van der Waals surface area contributed by atoms with Crippen LogP contribution >= 0.6 is 0 Å². The van der Waals surface area contributed by atoms with Crippen LogP contribution in [0, 0.1) is 6.92 Å². The van der Waals surface area contributed by atoms with Crippen molar-refractivity contribution in [3.63, 3.8) is 0 Å². The first-order valence-corrected chi connectivity index (χ1v) is 8.23. The second-order valence-electron chi connectivity index (χ2n) is 6.48. The number of anilines is 1. The Labute approximate surface area is 144 Å². The molecule has 1 N–H and O–H groups in total. The third-order valence-corrected chi connectivity index (χ3v) is 4.47. The topological polar surface area (TPSA) is 92.9 Å². The van der Waals surface area contributed by atoms with E-state index in [9.17, 15) is 4.79 Å². The summed E-state index contributed by atoms with van der Waals surface area (Å²) in [6, 6.07) is 3.60. The van der Waals surface area contributed by atoms with Crippen LogP contribution in [0.2, 0.25) is 0 Å². The van der Waals surface area contributed by atoms with Gasteiger partial charge >= 0.3 is 0 Å². The maximum absolute atomic E-state index is 12.3. The monoisotopic (exact) mass is 341 g/mol. The number of nitrogens with one attached hydrogen (secondary N) is 1. The minimum absolute atomic E-state index is 0.224. The number of carbonyl (C=O) groups excluding carboxylic acids is 1. The Morgan fingerprint density at radius 3 is 3.00 bits per heavy atom. The number of nitrogens with zero attached hydrogens (tertiary/aromatic N) is 4. The average Bonchev–Trinajstić information content (AvgIpc) is 3.36. The predicted molar refractivity (Wildman–Crippen MR) is 90.0 cm³/mol. The maximum atomic E-state index is 12.3. The summed E-state index contributed by atoms with van der Waals surface area (Å²) in [6.45, 7) is 3.69. The van der Waals surface area contributed by atoms with Crippen molar-refractivity contribution in [2.24, 2.45) is 5.16 Å². The number of carbonyl (C=O) groups is 1. The van der Waals surface area contributed by atoms with Crippen molar-refractivity contribution in [2.45, 2.75) is 31.9 Å². The summed E-state index contributed by atoms with van der Waals surface area (Å²) in [5, 5.41) is 6.82. The molecule has 0 aromatic carbocycles. The molecule has 2 aliphatic rings. The molecule has 130 valence electrons. The zero-order chi connectivity index (χ0) is 17.3. The number of aromatic nitrogens is 2. The lowest BCUT2D eigenvalue weighted by Crippen LogP contribution is -2.37. The molecule has 0 bridgehead atoms. The Bertz CT molecular complexity index is 787. The van der Waals surface area contributed by atoms with Gasteiger partial charge in [0.05, 0.1) is 19.4 Å². The predicted octanol–water partition coefficient (Wildman–Crippen LogP) is 1.42. The molecule has 4 rings (SSSR count).